The minimum Gasteiger partial charge on any atom is -0.312 e. The van der Waals surface area contributed by atoms with Crippen LogP contribution in [0, 0.1) is 5.92 Å². The number of nitrogens with two attached hydrogens (primary N) is 1. The Labute approximate surface area is 80.0 Å². The van der Waals surface area contributed by atoms with E-state index in [2.05, 4.69) is 5.48 Å². The van der Waals surface area contributed by atoms with Gasteiger partial charge in [-0.25, -0.2) is 0 Å². The quantitative estimate of drug-likeness (QED) is 0.514. The molecule has 3 heteroatoms. The molecule has 0 aromatic heterocycles. The molecule has 2 aliphatic carbocycles. The highest BCUT2D eigenvalue weighted by Gasteiger charge is 2.38. The minimum atomic E-state index is -0.172. The van der Waals surface area contributed by atoms with Crippen LogP contribution in [0.2, 0.25) is 0 Å². The van der Waals surface area contributed by atoms with E-state index in [9.17, 15) is 0 Å². The molecule has 3 N–H and O–H groups in total. The molecular formula is C10H20N2O. The first kappa shape index (κ1) is 9.44. The molecule has 0 aromatic carbocycles. The topological polar surface area (TPSA) is 47.3 Å². The first-order valence-electron chi connectivity index (χ1n) is 5.46. The Kier molecular flexibility index (Phi) is 2.86. The van der Waals surface area contributed by atoms with Crippen molar-refractivity contribution in [3.8, 4) is 0 Å². The van der Waals surface area contributed by atoms with Crippen molar-refractivity contribution in [1.29, 1.82) is 0 Å². The number of rotatable bonds is 4. The lowest BCUT2D eigenvalue weighted by Gasteiger charge is -2.22. The standard InChI is InChI=1S/C10H20N2O/c11-10(6-7-10)12-13-8-9-4-2-1-3-5-9/h9,12H,1-8,11H2. The normalized spacial score (nSPS) is 27.5. The fraction of sp³-hybridized carbons (Fsp3) is 1.00. The van der Waals surface area contributed by atoms with Crippen molar-refractivity contribution in [2.75, 3.05) is 6.61 Å². The van der Waals surface area contributed by atoms with E-state index in [1.54, 1.807) is 0 Å². The van der Waals surface area contributed by atoms with E-state index in [-0.39, 0.29) is 5.66 Å². The van der Waals surface area contributed by atoms with E-state index in [1.807, 2.05) is 0 Å². The zero-order valence-corrected chi connectivity index (χ0v) is 8.22. The Hall–Kier alpha value is -0.120. The van der Waals surface area contributed by atoms with E-state index < -0.39 is 0 Å². The SMILES string of the molecule is NC1(NOCC2CCCCC2)CC1. The van der Waals surface area contributed by atoms with Crippen molar-refractivity contribution in [3.05, 3.63) is 0 Å². The summed E-state index contributed by atoms with van der Waals surface area (Å²) < 4.78 is 0. The van der Waals surface area contributed by atoms with Crippen molar-refractivity contribution in [3.63, 3.8) is 0 Å². The summed E-state index contributed by atoms with van der Waals surface area (Å²) in [5.74, 6) is 0.767. The van der Waals surface area contributed by atoms with Crippen LogP contribution in [-0.2, 0) is 4.84 Å². The van der Waals surface area contributed by atoms with Crippen molar-refractivity contribution in [1.82, 2.24) is 5.48 Å². The first-order chi connectivity index (χ1) is 6.29. The van der Waals surface area contributed by atoms with E-state index in [0.717, 1.165) is 25.4 Å². The maximum absolute atomic E-state index is 5.83. The van der Waals surface area contributed by atoms with Gasteiger partial charge >= 0.3 is 0 Å². The van der Waals surface area contributed by atoms with Gasteiger partial charge in [-0.05, 0) is 31.6 Å². The van der Waals surface area contributed by atoms with Crippen LogP contribution in [-0.4, -0.2) is 12.3 Å². The van der Waals surface area contributed by atoms with Gasteiger partial charge in [0.05, 0.1) is 12.3 Å². The third kappa shape index (κ3) is 2.93. The number of hydrogen-bond donors (Lipinski definition) is 2. The third-order valence-electron chi connectivity index (χ3n) is 3.11. The molecule has 0 aliphatic heterocycles. The van der Waals surface area contributed by atoms with Crippen molar-refractivity contribution in [2.45, 2.75) is 50.6 Å². The molecule has 2 rings (SSSR count). The Balaban J connectivity index is 1.56. The highest BCUT2D eigenvalue weighted by molar-refractivity contribution is 4.93. The molecule has 0 atom stereocenters. The molecule has 0 radical (unpaired) electrons. The van der Waals surface area contributed by atoms with Gasteiger partial charge in [0.15, 0.2) is 0 Å². The maximum Gasteiger partial charge on any atom is 0.0899 e. The predicted molar refractivity (Wildman–Crippen MR) is 51.8 cm³/mol. The van der Waals surface area contributed by atoms with Gasteiger partial charge in [-0.3, -0.25) is 4.84 Å². The van der Waals surface area contributed by atoms with Crippen LogP contribution in [0.25, 0.3) is 0 Å². The Morgan fingerprint density at radius 1 is 1.23 bits per heavy atom. The minimum absolute atomic E-state index is 0.172. The molecule has 2 aliphatic rings. The van der Waals surface area contributed by atoms with Gasteiger partial charge < -0.3 is 5.73 Å². The monoisotopic (exact) mass is 184 g/mol. The van der Waals surface area contributed by atoms with Crippen molar-refractivity contribution in [2.24, 2.45) is 11.7 Å². The molecule has 76 valence electrons. The lowest BCUT2D eigenvalue weighted by atomic mass is 9.90. The smallest absolute Gasteiger partial charge is 0.0899 e. The Morgan fingerprint density at radius 3 is 2.54 bits per heavy atom. The number of nitrogens with one attached hydrogen (secondary N) is 1. The van der Waals surface area contributed by atoms with Gasteiger partial charge in [0.2, 0.25) is 0 Å². The van der Waals surface area contributed by atoms with Crippen molar-refractivity contribution < 1.29 is 4.84 Å². The second-order valence-electron chi connectivity index (χ2n) is 4.57. The van der Waals surface area contributed by atoms with E-state index >= 15 is 0 Å². The molecule has 3 nitrogen and oxygen atoms in total. The summed E-state index contributed by atoms with van der Waals surface area (Å²) in [6.45, 7) is 0.846. The second kappa shape index (κ2) is 3.95. The van der Waals surface area contributed by atoms with E-state index in [4.69, 9.17) is 10.6 Å². The average molecular weight is 184 g/mol. The van der Waals surface area contributed by atoms with Crippen LogP contribution in [0.15, 0.2) is 0 Å². The first-order valence-corrected chi connectivity index (χ1v) is 5.46. The highest BCUT2D eigenvalue weighted by Crippen LogP contribution is 2.29. The Morgan fingerprint density at radius 2 is 1.92 bits per heavy atom. The number of hydrogen-bond acceptors (Lipinski definition) is 3. The fourth-order valence-corrected chi connectivity index (χ4v) is 1.89. The maximum atomic E-state index is 5.83. The molecule has 0 saturated heterocycles. The lowest BCUT2D eigenvalue weighted by Crippen LogP contribution is -2.40. The summed E-state index contributed by atoms with van der Waals surface area (Å²) >= 11 is 0. The summed E-state index contributed by atoms with van der Waals surface area (Å²) in [4.78, 5) is 5.43. The summed E-state index contributed by atoms with van der Waals surface area (Å²) in [6, 6.07) is 0. The molecule has 13 heavy (non-hydrogen) atoms. The molecule has 0 unspecified atom stereocenters. The number of hydroxylamine groups is 1. The summed E-state index contributed by atoms with van der Waals surface area (Å²) in [7, 11) is 0. The van der Waals surface area contributed by atoms with Crippen LogP contribution in [0.3, 0.4) is 0 Å². The lowest BCUT2D eigenvalue weighted by molar-refractivity contribution is -0.0168. The van der Waals surface area contributed by atoms with E-state index in [1.165, 1.54) is 32.1 Å². The van der Waals surface area contributed by atoms with Crippen LogP contribution in [0.1, 0.15) is 44.9 Å². The van der Waals surface area contributed by atoms with E-state index in [0.29, 0.717) is 0 Å². The predicted octanol–water partition coefficient (Wildman–Crippen LogP) is 1.54. The molecule has 0 bridgehead atoms. The van der Waals surface area contributed by atoms with Crippen LogP contribution in [0.4, 0.5) is 0 Å². The van der Waals surface area contributed by atoms with Crippen LogP contribution in [0.5, 0.6) is 0 Å². The molecule has 0 spiro atoms. The van der Waals surface area contributed by atoms with Gasteiger partial charge in [0.1, 0.15) is 0 Å². The van der Waals surface area contributed by atoms with Crippen LogP contribution < -0.4 is 11.2 Å². The molecule has 0 aromatic rings. The molecule has 2 saturated carbocycles. The highest BCUT2D eigenvalue weighted by atomic mass is 16.6. The molecule has 0 heterocycles. The zero-order valence-electron chi connectivity index (χ0n) is 8.22. The third-order valence-corrected chi connectivity index (χ3v) is 3.11. The fourth-order valence-electron chi connectivity index (χ4n) is 1.89. The zero-order chi connectivity index (χ0) is 9.15. The molecule has 0 amide bonds. The van der Waals surface area contributed by atoms with Gasteiger partial charge in [-0.2, -0.15) is 5.48 Å². The molecule has 2 fully saturated rings. The second-order valence-corrected chi connectivity index (χ2v) is 4.57. The summed E-state index contributed by atoms with van der Waals surface area (Å²) in [5.41, 5.74) is 8.61. The summed E-state index contributed by atoms with van der Waals surface area (Å²) in [5, 5.41) is 0. The van der Waals surface area contributed by atoms with Gasteiger partial charge in [-0.15, -0.1) is 0 Å². The molecular weight excluding hydrogens is 164 g/mol. The van der Waals surface area contributed by atoms with Crippen LogP contribution >= 0.6 is 0 Å². The van der Waals surface area contributed by atoms with Gasteiger partial charge in [-0.1, -0.05) is 19.3 Å². The van der Waals surface area contributed by atoms with Gasteiger partial charge in [0, 0.05) is 0 Å². The van der Waals surface area contributed by atoms with Crippen molar-refractivity contribution >= 4 is 0 Å². The largest absolute Gasteiger partial charge is 0.312 e. The average Bonchev–Trinajstić information content (AvgIpc) is 2.86. The van der Waals surface area contributed by atoms with Gasteiger partial charge in [0.25, 0.3) is 0 Å². The Bertz CT molecular complexity index is 162. The summed E-state index contributed by atoms with van der Waals surface area (Å²) in [6.07, 6.45) is 8.93.